The maximum atomic E-state index is 12.6. The molecule has 0 bridgehead atoms. The van der Waals surface area contributed by atoms with Gasteiger partial charge in [0.05, 0.1) is 24.2 Å². The Hall–Kier alpha value is -1.31. The van der Waals surface area contributed by atoms with Gasteiger partial charge in [-0.25, -0.2) is 0 Å². The highest BCUT2D eigenvalue weighted by Gasteiger charge is 2.55. The quantitative estimate of drug-likeness (QED) is 0.0769. The second-order valence-corrected chi connectivity index (χ2v) is 23.2. The number of hydrogen-bond acceptors (Lipinski definition) is 8. The summed E-state index contributed by atoms with van der Waals surface area (Å²) in [7, 11) is -3.73. The molecular formula is C35H64O8Si2. The SMILES string of the molecule is C=CCOC(=O)C[C@H]1C[C@H](OC(C)=O)C[C@@]2(C[C@@](C)(O[Si](CC)(CC)CC)C[C@H](CC(=C)[C@@H](C)CO[Si](CC)(CC)CC)O2)O1. The van der Waals surface area contributed by atoms with Gasteiger partial charge in [0.2, 0.25) is 0 Å². The van der Waals surface area contributed by atoms with E-state index in [1.54, 1.807) is 6.08 Å². The van der Waals surface area contributed by atoms with E-state index in [0.29, 0.717) is 38.7 Å². The van der Waals surface area contributed by atoms with Crippen molar-refractivity contribution in [1.82, 2.24) is 0 Å². The van der Waals surface area contributed by atoms with Crippen LogP contribution in [0.15, 0.2) is 24.8 Å². The molecule has 0 aromatic rings. The Morgan fingerprint density at radius 1 is 0.933 bits per heavy atom. The molecule has 0 saturated carbocycles. The van der Waals surface area contributed by atoms with Crippen molar-refractivity contribution in [2.75, 3.05) is 13.2 Å². The Labute approximate surface area is 276 Å². The molecule has 260 valence electrons. The molecule has 0 amide bonds. The van der Waals surface area contributed by atoms with Crippen molar-refractivity contribution in [2.45, 2.75) is 167 Å². The lowest BCUT2D eigenvalue weighted by Crippen LogP contribution is -2.61. The van der Waals surface area contributed by atoms with Crippen LogP contribution in [0.2, 0.25) is 36.3 Å². The molecule has 0 unspecified atom stereocenters. The molecule has 2 fully saturated rings. The normalized spacial score (nSPS) is 28.0. The minimum Gasteiger partial charge on any atom is -0.462 e. The van der Waals surface area contributed by atoms with Crippen molar-refractivity contribution in [2.24, 2.45) is 5.92 Å². The smallest absolute Gasteiger partial charge is 0.308 e. The first-order valence-electron chi connectivity index (χ1n) is 17.5. The maximum Gasteiger partial charge on any atom is 0.308 e. The summed E-state index contributed by atoms with van der Waals surface area (Å²) in [5.74, 6) is -1.64. The zero-order valence-electron chi connectivity index (χ0n) is 30.0. The van der Waals surface area contributed by atoms with Crippen molar-refractivity contribution in [3.63, 3.8) is 0 Å². The number of hydrogen-bond donors (Lipinski definition) is 0. The predicted octanol–water partition coefficient (Wildman–Crippen LogP) is 8.48. The molecule has 0 radical (unpaired) electrons. The fourth-order valence-corrected chi connectivity index (χ4v) is 13.2. The molecule has 2 rings (SSSR count). The standard InChI is InChI=1S/C35H64O8Si2/c1-12-19-38-33(37)22-30-21-31(40-29(10)36)24-35(41-30)26-34(11,43-45(16-5,17-6)18-7)23-32(42-35)20-27(8)28(9)25-39-44(13-2,14-3)15-4/h12,28,30-32H,1,8,13-26H2,2-7,9-11H3/t28-,30+,31-,32-,34-,35+/m0/s1. The summed E-state index contributed by atoms with van der Waals surface area (Å²) < 4.78 is 38.6. The lowest BCUT2D eigenvalue weighted by atomic mass is 9.80. The van der Waals surface area contributed by atoms with Crippen molar-refractivity contribution in [1.29, 1.82) is 0 Å². The van der Waals surface area contributed by atoms with Crippen LogP contribution < -0.4 is 0 Å². The van der Waals surface area contributed by atoms with Gasteiger partial charge in [-0.05, 0) is 55.5 Å². The lowest BCUT2D eigenvalue weighted by molar-refractivity contribution is -0.347. The zero-order chi connectivity index (χ0) is 33.9. The van der Waals surface area contributed by atoms with Gasteiger partial charge >= 0.3 is 11.9 Å². The highest BCUT2D eigenvalue weighted by molar-refractivity contribution is 6.74. The van der Waals surface area contributed by atoms with E-state index < -0.39 is 40.2 Å². The summed E-state index contributed by atoms with van der Waals surface area (Å²) in [6, 6.07) is 6.43. The Morgan fingerprint density at radius 3 is 2.04 bits per heavy atom. The van der Waals surface area contributed by atoms with Crippen LogP contribution in [-0.4, -0.2) is 71.5 Å². The molecule has 2 heterocycles. The molecular weight excluding hydrogens is 605 g/mol. The molecule has 2 aliphatic rings. The Kier molecular flexibility index (Phi) is 15.7. The van der Waals surface area contributed by atoms with Gasteiger partial charge in [-0.15, -0.1) is 0 Å². The van der Waals surface area contributed by atoms with Crippen LogP contribution in [0.25, 0.3) is 0 Å². The first kappa shape index (κ1) is 39.9. The second-order valence-electron chi connectivity index (χ2n) is 13.7. The fraction of sp³-hybridized carbons (Fsp3) is 0.829. The van der Waals surface area contributed by atoms with Crippen LogP contribution in [0.5, 0.6) is 0 Å². The van der Waals surface area contributed by atoms with E-state index in [4.69, 9.17) is 27.8 Å². The van der Waals surface area contributed by atoms with Crippen LogP contribution in [0, 0.1) is 5.92 Å². The molecule has 10 heteroatoms. The third-order valence-corrected chi connectivity index (χ3v) is 19.8. The van der Waals surface area contributed by atoms with E-state index in [1.807, 2.05) is 0 Å². The second kappa shape index (κ2) is 17.7. The number of esters is 2. The Bertz CT molecular complexity index is 964. The number of carbonyl (C=O) groups excluding carboxylic acids is 2. The number of rotatable bonds is 19. The third kappa shape index (κ3) is 11.4. The monoisotopic (exact) mass is 668 g/mol. The van der Waals surface area contributed by atoms with Crippen LogP contribution in [0.1, 0.15) is 101 Å². The number of carbonyl (C=O) groups is 2. The van der Waals surface area contributed by atoms with Crippen LogP contribution in [0.3, 0.4) is 0 Å². The summed E-state index contributed by atoms with van der Waals surface area (Å²) in [5.41, 5.74) is 0.574. The first-order valence-corrected chi connectivity index (χ1v) is 22.6. The van der Waals surface area contributed by atoms with E-state index in [1.165, 1.54) is 6.92 Å². The van der Waals surface area contributed by atoms with E-state index in [-0.39, 0.29) is 37.0 Å². The van der Waals surface area contributed by atoms with Crippen LogP contribution >= 0.6 is 0 Å². The van der Waals surface area contributed by atoms with E-state index in [0.717, 1.165) is 41.8 Å². The average Bonchev–Trinajstić information content (AvgIpc) is 2.98. The van der Waals surface area contributed by atoms with Crippen molar-refractivity contribution < 1.29 is 37.4 Å². The average molecular weight is 669 g/mol. The summed E-state index contributed by atoms with van der Waals surface area (Å²) in [6.45, 7) is 28.2. The minimum absolute atomic E-state index is 0.0372. The molecule has 2 aliphatic heterocycles. The molecule has 6 atom stereocenters. The summed E-state index contributed by atoms with van der Waals surface area (Å²) in [4.78, 5) is 24.8. The largest absolute Gasteiger partial charge is 0.462 e. The van der Waals surface area contributed by atoms with Crippen molar-refractivity contribution in [3.05, 3.63) is 24.8 Å². The zero-order valence-corrected chi connectivity index (χ0v) is 32.0. The predicted molar refractivity (Wildman–Crippen MR) is 185 cm³/mol. The summed E-state index contributed by atoms with van der Waals surface area (Å²) in [5, 5.41) is 0. The van der Waals surface area contributed by atoms with E-state index in [2.05, 4.69) is 68.5 Å². The van der Waals surface area contributed by atoms with Gasteiger partial charge in [-0.3, -0.25) is 9.59 Å². The van der Waals surface area contributed by atoms with E-state index in [9.17, 15) is 9.59 Å². The Morgan fingerprint density at radius 2 is 1.51 bits per heavy atom. The minimum atomic E-state index is -2.01. The summed E-state index contributed by atoms with van der Waals surface area (Å²) in [6.07, 6.45) is 3.00. The Balaban J connectivity index is 2.40. The van der Waals surface area contributed by atoms with Gasteiger partial charge < -0.3 is 27.8 Å². The highest BCUT2D eigenvalue weighted by Crippen LogP contribution is 2.48. The molecule has 45 heavy (non-hydrogen) atoms. The van der Waals surface area contributed by atoms with Gasteiger partial charge in [0.25, 0.3) is 0 Å². The fourth-order valence-electron chi connectivity index (χ4n) is 7.32. The molecule has 2 saturated heterocycles. The highest BCUT2D eigenvalue weighted by atomic mass is 28.4. The van der Waals surface area contributed by atoms with Gasteiger partial charge in [0.1, 0.15) is 12.7 Å². The summed E-state index contributed by atoms with van der Waals surface area (Å²) >= 11 is 0. The number of ether oxygens (including phenoxy) is 4. The molecule has 8 nitrogen and oxygen atoms in total. The van der Waals surface area contributed by atoms with Crippen molar-refractivity contribution >= 4 is 28.6 Å². The molecule has 0 aliphatic carbocycles. The molecule has 1 spiro atoms. The third-order valence-electron chi connectivity index (χ3n) is 10.4. The van der Waals surface area contributed by atoms with Crippen LogP contribution in [0.4, 0.5) is 0 Å². The van der Waals surface area contributed by atoms with Gasteiger partial charge in [0.15, 0.2) is 22.4 Å². The topological polar surface area (TPSA) is 89.5 Å². The molecule has 0 aromatic carbocycles. The van der Waals surface area contributed by atoms with Crippen molar-refractivity contribution in [3.8, 4) is 0 Å². The van der Waals surface area contributed by atoms with Gasteiger partial charge in [0, 0.05) is 39.2 Å². The lowest BCUT2D eigenvalue weighted by Gasteiger charge is -2.55. The molecule has 0 aromatic heterocycles. The first-order chi connectivity index (χ1) is 21.2. The van der Waals surface area contributed by atoms with Gasteiger partial charge in [-0.2, -0.15) is 0 Å². The van der Waals surface area contributed by atoms with E-state index >= 15 is 0 Å². The van der Waals surface area contributed by atoms with Crippen LogP contribution in [-0.2, 0) is 37.4 Å². The molecule has 0 N–H and O–H groups in total. The maximum absolute atomic E-state index is 12.6. The van der Waals surface area contributed by atoms with Gasteiger partial charge in [-0.1, -0.05) is 73.3 Å².